The van der Waals surface area contributed by atoms with Gasteiger partial charge in [-0.3, -0.25) is 24.6 Å². The Balaban J connectivity index is 1.01. The van der Waals surface area contributed by atoms with Crippen molar-refractivity contribution in [2.45, 2.75) is 57.2 Å². The van der Waals surface area contributed by atoms with Gasteiger partial charge in [0.25, 0.3) is 5.91 Å². The van der Waals surface area contributed by atoms with E-state index in [0.717, 1.165) is 60.5 Å². The number of hydrogen-bond donors (Lipinski definition) is 1. The Morgan fingerprint density at radius 2 is 1.65 bits per heavy atom. The van der Waals surface area contributed by atoms with E-state index in [1.54, 1.807) is 9.80 Å². The first-order chi connectivity index (χ1) is 20.9. The van der Waals surface area contributed by atoms with Crippen molar-refractivity contribution in [3.8, 4) is 0 Å². The molecule has 43 heavy (non-hydrogen) atoms. The Bertz CT molecular complexity index is 1600. The maximum absolute atomic E-state index is 13.1. The van der Waals surface area contributed by atoms with Gasteiger partial charge in [0.2, 0.25) is 11.8 Å². The van der Waals surface area contributed by atoms with Crippen molar-refractivity contribution in [1.29, 1.82) is 0 Å². The van der Waals surface area contributed by atoms with E-state index in [2.05, 4.69) is 40.5 Å². The number of ether oxygens (including phenoxy) is 1. The van der Waals surface area contributed by atoms with Crippen LogP contribution in [0.15, 0.2) is 66.7 Å². The Hall–Kier alpha value is -4.50. The second-order valence-electron chi connectivity index (χ2n) is 11.9. The van der Waals surface area contributed by atoms with Crippen molar-refractivity contribution < 1.29 is 23.9 Å². The number of hydrogen-bond acceptors (Lipinski definition) is 6. The number of rotatable bonds is 5. The van der Waals surface area contributed by atoms with Crippen LogP contribution in [0.2, 0.25) is 0 Å². The zero-order valence-electron chi connectivity index (χ0n) is 24.0. The summed E-state index contributed by atoms with van der Waals surface area (Å²) in [4.78, 5) is 55.7. The minimum Gasteiger partial charge on any atom is -0.449 e. The topological polar surface area (TPSA) is 99.3 Å². The van der Waals surface area contributed by atoms with Gasteiger partial charge in [0.15, 0.2) is 0 Å². The third-order valence-corrected chi connectivity index (χ3v) is 9.20. The molecule has 0 spiro atoms. The van der Waals surface area contributed by atoms with Crippen LogP contribution < -0.4 is 10.2 Å². The lowest BCUT2D eigenvalue weighted by atomic mass is 9.87. The Labute approximate surface area is 250 Å². The number of imide groups is 1. The smallest absolute Gasteiger partial charge is 0.418 e. The predicted molar refractivity (Wildman–Crippen MR) is 160 cm³/mol. The molecule has 1 atom stereocenters. The summed E-state index contributed by atoms with van der Waals surface area (Å²) >= 11 is 0. The van der Waals surface area contributed by atoms with Gasteiger partial charge in [-0.15, -0.1) is 0 Å². The molecular formula is C34H34N4O5. The van der Waals surface area contributed by atoms with Gasteiger partial charge in [-0.2, -0.15) is 0 Å². The molecule has 1 N–H and O–H groups in total. The molecule has 2 fully saturated rings. The number of amides is 4. The summed E-state index contributed by atoms with van der Waals surface area (Å²) < 4.78 is 5.50. The van der Waals surface area contributed by atoms with Crippen molar-refractivity contribution in [3.63, 3.8) is 0 Å². The summed E-state index contributed by atoms with van der Waals surface area (Å²) in [5.41, 5.74) is 6.80. The number of nitrogens with zero attached hydrogens (tertiary/aromatic N) is 3. The van der Waals surface area contributed by atoms with E-state index < -0.39 is 6.04 Å². The maximum Gasteiger partial charge on any atom is 0.418 e. The number of anilines is 2. The van der Waals surface area contributed by atoms with Crippen LogP contribution >= 0.6 is 0 Å². The summed E-state index contributed by atoms with van der Waals surface area (Å²) in [5.74, 6) is -0.394. The average Bonchev–Trinajstić information content (AvgIpc) is 3.24. The summed E-state index contributed by atoms with van der Waals surface area (Å²) in [5, 5.41) is 2.37. The maximum atomic E-state index is 13.1. The molecule has 0 saturated carbocycles. The molecule has 1 unspecified atom stereocenters. The van der Waals surface area contributed by atoms with Crippen molar-refractivity contribution in [3.05, 3.63) is 94.5 Å². The third kappa shape index (κ3) is 5.29. The van der Waals surface area contributed by atoms with Crippen LogP contribution in [0.1, 0.15) is 64.2 Å². The van der Waals surface area contributed by atoms with Crippen LogP contribution in [0, 0.1) is 0 Å². The van der Waals surface area contributed by atoms with E-state index >= 15 is 0 Å². The highest BCUT2D eigenvalue weighted by Crippen LogP contribution is 2.36. The van der Waals surface area contributed by atoms with E-state index in [0.29, 0.717) is 37.5 Å². The van der Waals surface area contributed by atoms with Gasteiger partial charge in [-0.1, -0.05) is 42.5 Å². The summed E-state index contributed by atoms with van der Waals surface area (Å²) in [6.45, 7) is 3.47. The highest BCUT2D eigenvalue weighted by atomic mass is 16.6. The standard InChI is InChI=1S/C34H34N4O5/c39-31-11-10-29(32(40)35-31)37-21-26-19-25(8-9-28(26)33(37)41)23-12-15-36(16-13-23)20-22-6-7-24-14-17-43-34(42)38(30(24)18-22)27-4-2-1-3-5-27/h1-9,18-19,23,29H,10-17,20-21H2,(H,35,39,40). The molecular weight excluding hydrogens is 544 g/mol. The second kappa shape index (κ2) is 11.3. The zero-order valence-corrected chi connectivity index (χ0v) is 24.0. The molecule has 220 valence electrons. The zero-order chi connectivity index (χ0) is 29.5. The fraction of sp³-hybridized carbons (Fsp3) is 0.353. The molecule has 4 aliphatic rings. The van der Waals surface area contributed by atoms with E-state index in [4.69, 9.17) is 4.74 Å². The molecule has 0 aliphatic carbocycles. The molecule has 9 nitrogen and oxygen atoms in total. The Morgan fingerprint density at radius 1 is 0.837 bits per heavy atom. The largest absolute Gasteiger partial charge is 0.449 e. The number of nitrogens with one attached hydrogen (secondary N) is 1. The summed E-state index contributed by atoms with van der Waals surface area (Å²) in [7, 11) is 0. The van der Waals surface area contributed by atoms with Gasteiger partial charge in [-0.05, 0) is 84.8 Å². The molecule has 0 aromatic heterocycles. The summed E-state index contributed by atoms with van der Waals surface area (Å²) in [6, 6.07) is 21.6. The molecule has 0 bridgehead atoms. The van der Waals surface area contributed by atoms with E-state index in [9.17, 15) is 19.2 Å². The average molecular weight is 579 g/mol. The highest BCUT2D eigenvalue weighted by Gasteiger charge is 2.39. The lowest BCUT2D eigenvalue weighted by Crippen LogP contribution is -2.52. The molecule has 4 aliphatic heterocycles. The number of cyclic esters (lactones) is 1. The third-order valence-electron chi connectivity index (χ3n) is 9.20. The van der Waals surface area contributed by atoms with Crippen LogP contribution in [0.4, 0.5) is 16.2 Å². The van der Waals surface area contributed by atoms with Crippen molar-refractivity contribution in [1.82, 2.24) is 15.1 Å². The molecule has 2 saturated heterocycles. The highest BCUT2D eigenvalue weighted by molar-refractivity contribution is 6.05. The Kier molecular flexibility index (Phi) is 7.18. The first-order valence-electron chi connectivity index (χ1n) is 15.1. The van der Waals surface area contributed by atoms with Crippen LogP contribution in [0.3, 0.4) is 0 Å². The minimum absolute atomic E-state index is 0.134. The first-order valence-corrected chi connectivity index (χ1v) is 15.1. The van der Waals surface area contributed by atoms with Gasteiger partial charge in [-0.25, -0.2) is 9.69 Å². The molecule has 3 aromatic rings. The van der Waals surface area contributed by atoms with Gasteiger partial charge in [0, 0.05) is 31.5 Å². The van der Waals surface area contributed by atoms with Crippen molar-refractivity contribution in [2.24, 2.45) is 0 Å². The number of carbonyl (C=O) groups is 4. The lowest BCUT2D eigenvalue weighted by Gasteiger charge is -2.32. The van der Waals surface area contributed by atoms with Crippen molar-refractivity contribution >= 4 is 35.2 Å². The number of fused-ring (bicyclic) bond motifs is 2. The summed E-state index contributed by atoms with van der Waals surface area (Å²) in [6.07, 6.45) is 2.99. The molecule has 4 heterocycles. The predicted octanol–water partition coefficient (Wildman–Crippen LogP) is 4.66. The van der Waals surface area contributed by atoms with Crippen LogP contribution in [-0.4, -0.2) is 59.4 Å². The fourth-order valence-corrected chi connectivity index (χ4v) is 6.89. The fourth-order valence-electron chi connectivity index (χ4n) is 6.89. The van der Waals surface area contributed by atoms with E-state index in [-0.39, 0.29) is 30.2 Å². The van der Waals surface area contributed by atoms with E-state index in [1.807, 2.05) is 36.4 Å². The van der Waals surface area contributed by atoms with E-state index in [1.165, 1.54) is 5.56 Å². The monoisotopic (exact) mass is 578 g/mol. The number of benzene rings is 3. The first kappa shape index (κ1) is 27.3. The lowest BCUT2D eigenvalue weighted by molar-refractivity contribution is -0.136. The molecule has 9 heteroatoms. The Morgan fingerprint density at radius 3 is 2.44 bits per heavy atom. The van der Waals surface area contributed by atoms with Crippen molar-refractivity contribution in [2.75, 3.05) is 24.6 Å². The van der Waals surface area contributed by atoms with Crippen LogP contribution in [0.5, 0.6) is 0 Å². The van der Waals surface area contributed by atoms with Crippen LogP contribution in [-0.2, 0) is 33.8 Å². The minimum atomic E-state index is -0.595. The van der Waals surface area contributed by atoms with Crippen LogP contribution in [0.25, 0.3) is 0 Å². The normalized spacial score (nSPS) is 21.3. The molecule has 0 radical (unpaired) electrons. The molecule has 4 amide bonds. The second-order valence-corrected chi connectivity index (χ2v) is 11.9. The van der Waals surface area contributed by atoms with Gasteiger partial charge < -0.3 is 9.64 Å². The SMILES string of the molecule is O=C1CCC(N2Cc3cc(C4CCN(Cc5ccc6c(c5)N(c5ccccc5)C(=O)OCC6)CC4)ccc3C2=O)C(=O)N1. The van der Waals surface area contributed by atoms with Gasteiger partial charge >= 0.3 is 6.09 Å². The number of carbonyl (C=O) groups excluding carboxylic acids is 4. The molecule has 7 rings (SSSR count). The van der Waals surface area contributed by atoms with Gasteiger partial charge in [0.1, 0.15) is 6.04 Å². The van der Waals surface area contributed by atoms with Gasteiger partial charge in [0.05, 0.1) is 18.0 Å². The number of para-hydroxylation sites is 1. The molecule has 3 aromatic carbocycles. The quantitative estimate of drug-likeness (QED) is 0.443. The number of likely N-dealkylation sites (tertiary alicyclic amines) is 1. The number of piperidine rings is 2.